The van der Waals surface area contributed by atoms with E-state index in [0.717, 1.165) is 10.9 Å². The van der Waals surface area contributed by atoms with Gasteiger partial charge in [-0.05, 0) is 30.7 Å². The summed E-state index contributed by atoms with van der Waals surface area (Å²) in [6.45, 7) is 1.56. The molecule has 0 aliphatic carbocycles. The molecular weight excluding hydrogens is 392 g/mol. The average molecular weight is 410 g/mol. The van der Waals surface area contributed by atoms with Crippen molar-refractivity contribution >= 4 is 26.7 Å². The Bertz CT molecular complexity index is 1360. The van der Waals surface area contributed by atoms with E-state index in [1.54, 1.807) is 61.5 Å². The minimum atomic E-state index is -3.92. The van der Waals surface area contributed by atoms with E-state index >= 15 is 0 Å². The van der Waals surface area contributed by atoms with Gasteiger partial charge in [0.2, 0.25) is 21.3 Å². The number of anilines is 1. The molecule has 148 valence electrons. The molecule has 4 aromatic rings. The van der Waals surface area contributed by atoms with Gasteiger partial charge in [0.15, 0.2) is 0 Å². The lowest BCUT2D eigenvalue weighted by atomic mass is 10.1. The monoisotopic (exact) mass is 410 g/mol. The van der Waals surface area contributed by atoms with Gasteiger partial charge in [-0.15, -0.1) is 5.10 Å². The lowest BCUT2D eigenvalue weighted by Gasteiger charge is -2.15. The zero-order valence-electron chi connectivity index (χ0n) is 15.7. The molecule has 0 spiro atoms. The fraction of sp³-hybridized carbons (Fsp3) is 0.158. The van der Waals surface area contributed by atoms with Crippen LogP contribution in [0.1, 0.15) is 17.7 Å². The van der Waals surface area contributed by atoms with Crippen molar-refractivity contribution in [3.8, 4) is 5.69 Å². The van der Waals surface area contributed by atoms with E-state index < -0.39 is 20.7 Å². The summed E-state index contributed by atoms with van der Waals surface area (Å²) in [6, 6.07) is 10.2. The number of nitrogens with zero attached hydrogens (tertiary/aromatic N) is 5. The molecule has 0 bridgehead atoms. The van der Waals surface area contributed by atoms with Crippen LogP contribution >= 0.6 is 0 Å². The summed E-state index contributed by atoms with van der Waals surface area (Å²) in [7, 11) is -2.17. The third-order valence-electron chi connectivity index (χ3n) is 4.56. The van der Waals surface area contributed by atoms with Gasteiger partial charge >= 0.3 is 0 Å². The molecule has 0 amide bonds. The first-order valence-corrected chi connectivity index (χ1v) is 10.3. The molecule has 0 saturated carbocycles. The first kappa shape index (κ1) is 18.8. The minimum absolute atomic E-state index is 0.273. The summed E-state index contributed by atoms with van der Waals surface area (Å²) >= 11 is 0. The Balaban J connectivity index is 1.66. The van der Waals surface area contributed by atoms with Crippen LogP contribution in [-0.2, 0) is 17.1 Å². The molecule has 0 radical (unpaired) electrons. The number of benzene rings is 1. The molecule has 0 aliphatic rings. The van der Waals surface area contributed by atoms with E-state index in [1.165, 1.54) is 16.9 Å². The number of nitrogens with one attached hydrogen (secondary N) is 1. The summed E-state index contributed by atoms with van der Waals surface area (Å²) in [5.74, 6) is -0.273. The summed E-state index contributed by atoms with van der Waals surface area (Å²) in [4.78, 5) is 16.4. The first-order valence-electron chi connectivity index (χ1n) is 8.79. The number of fused-ring (bicyclic) bond motifs is 1. The largest absolute Gasteiger partial charge is 0.286 e. The highest BCUT2D eigenvalue weighted by atomic mass is 32.2. The Morgan fingerprint density at radius 3 is 2.76 bits per heavy atom. The smallest absolute Gasteiger partial charge is 0.240 e. The van der Waals surface area contributed by atoms with Crippen LogP contribution in [0.3, 0.4) is 0 Å². The van der Waals surface area contributed by atoms with E-state index in [2.05, 4.69) is 19.9 Å². The summed E-state index contributed by atoms with van der Waals surface area (Å²) in [6.07, 6.45) is 6.39. The number of hydrogen-bond donors (Lipinski definition) is 1. The van der Waals surface area contributed by atoms with Gasteiger partial charge < -0.3 is 0 Å². The Morgan fingerprint density at radius 1 is 1.17 bits per heavy atom. The van der Waals surface area contributed by atoms with E-state index in [9.17, 15) is 13.2 Å². The van der Waals surface area contributed by atoms with Crippen molar-refractivity contribution in [1.29, 1.82) is 0 Å². The maximum Gasteiger partial charge on any atom is 0.240 e. The number of aryl methyl sites for hydroxylation is 1. The Hall–Kier alpha value is -3.53. The van der Waals surface area contributed by atoms with Gasteiger partial charge in [0.25, 0.3) is 0 Å². The molecule has 0 fully saturated rings. The quantitative estimate of drug-likeness (QED) is 0.539. The van der Waals surface area contributed by atoms with Gasteiger partial charge in [-0.2, -0.15) is 5.10 Å². The molecule has 1 atom stereocenters. The van der Waals surface area contributed by atoms with Gasteiger partial charge in [0.05, 0.1) is 17.9 Å². The molecule has 0 aliphatic heterocycles. The number of rotatable bonds is 5. The Kier molecular flexibility index (Phi) is 4.63. The molecule has 1 N–H and O–H groups in total. The van der Waals surface area contributed by atoms with Gasteiger partial charge in [0, 0.05) is 30.9 Å². The summed E-state index contributed by atoms with van der Waals surface area (Å²) < 4.78 is 31.1. The molecular formula is C19H18N6O3S. The van der Waals surface area contributed by atoms with Crippen LogP contribution in [0.2, 0.25) is 0 Å². The molecule has 4 rings (SSSR count). The van der Waals surface area contributed by atoms with E-state index in [4.69, 9.17) is 0 Å². The SMILES string of the molecule is CC(c1ccc2ncccc2c1)S(=O)(=O)Nc1nn(-c2cnn(C)c2)ccc1=O. The molecule has 10 heteroatoms. The standard InChI is InChI=1S/C19H18N6O3S/c1-13(14-5-6-17-15(10-14)4-3-8-20-17)29(27,28)23-19-18(26)7-9-25(22-19)16-11-21-24(2)12-16/h3-13H,1-2H3,(H,22,23). The Labute approximate surface area is 166 Å². The van der Waals surface area contributed by atoms with E-state index in [-0.39, 0.29) is 5.82 Å². The highest BCUT2D eigenvalue weighted by Gasteiger charge is 2.24. The predicted octanol–water partition coefficient (Wildman–Crippen LogP) is 2.02. The summed E-state index contributed by atoms with van der Waals surface area (Å²) in [5, 5.41) is 8.10. The van der Waals surface area contributed by atoms with Crippen molar-refractivity contribution in [2.75, 3.05) is 4.72 Å². The third-order valence-corrected chi connectivity index (χ3v) is 6.25. The van der Waals surface area contributed by atoms with Crippen LogP contribution in [-0.4, -0.2) is 33.0 Å². The average Bonchev–Trinajstić information content (AvgIpc) is 3.15. The van der Waals surface area contributed by atoms with Crippen molar-refractivity contribution in [1.82, 2.24) is 24.5 Å². The van der Waals surface area contributed by atoms with Crippen LogP contribution in [0.25, 0.3) is 16.6 Å². The summed E-state index contributed by atoms with van der Waals surface area (Å²) in [5.41, 5.74) is 1.44. The molecule has 1 unspecified atom stereocenters. The van der Waals surface area contributed by atoms with Crippen molar-refractivity contribution in [2.45, 2.75) is 12.2 Å². The topological polar surface area (TPSA) is 112 Å². The van der Waals surface area contributed by atoms with Crippen molar-refractivity contribution < 1.29 is 8.42 Å². The second-order valence-corrected chi connectivity index (χ2v) is 8.59. The third kappa shape index (κ3) is 3.74. The van der Waals surface area contributed by atoms with E-state index in [0.29, 0.717) is 11.3 Å². The van der Waals surface area contributed by atoms with Crippen molar-refractivity contribution in [2.24, 2.45) is 7.05 Å². The lowest BCUT2D eigenvalue weighted by molar-refractivity contribution is 0.591. The fourth-order valence-electron chi connectivity index (χ4n) is 2.90. The number of pyridine rings is 1. The normalized spacial score (nSPS) is 12.8. The Morgan fingerprint density at radius 2 is 2.00 bits per heavy atom. The first-order chi connectivity index (χ1) is 13.8. The maximum absolute atomic E-state index is 12.9. The molecule has 3 aromatic heterocycles. The molecule has 29 heavy (non-hydrogen) atoms. The van der Waals surface area contributed by atoms with E-state index in [1.807, 2.05) is 6.07 Å². The molecule has 0 saturated heterocycles. The van der Waals surface area contributed by atoms with Crippen LogP contribution in [0, 0.1) is 0 Å². The zero-order valence-corrected chi connectivity index (χ0v) is 16.5. The lowest BCUT2D eigenvalue weighted by Crippen LogP contribution is -2.25. The second kappa shape index (κ2) is 7.13. The van der Waals surface area contributed by atoms with Crippen LogP contribution in [0.5, 0.6) is 0 Å². The van der Waals surface area contributed by atoms with Crippen molar-refractivity contribution in [3.05, 3.63) is 77.0 Å². The number of sulfonamides is 1. The molecule has 3 heterocycles. The van der Waals surface area contributed by atoms with Gasteiger partial charge in [-0.1, -0.05) is 12.1 Å². The van der Waals surface area contributed by atoms with Gasteiger partial charge in [0.1, 0.15) is 10.9 Å². The zero-order chi connectivity index (χ0) is 20.6. The van der Waals surface area contributed by atoms with Crippen LogP contribution in [0.15, 0.2) is 66.0 Å². The number of aromatic nitrogens is 5. The second-order valence-electron chi connectivity index (χ2n) is 6.59. The highest BCUT2D eigenvalue weighted by Crippen LogP contribution is 2.25. The predicted molar refractivity (Wildman–Crippen MR) is 109 cm³/mol. The molecule has 1 aromatic carbocycles. The maximum atomic E-state index is 12.9. The number of hydrogen-bond acceptors (Lipinski definition) is 6. The molecule has 9 nitrogen and oxygen atoms in total. The van der Waals surface area contributed by atoms with Gasteiger partial charge in [-0.25, -0.2) is 13.1 Å². The van der Waals surface area contributed by atoms with Gasteiger partial charge in [-0.3, -0.25) is 19.2 Å². The minimum Gasteiger partial charge on any atom is -0.286 e. The fourth-order valence-corrected chi connectivity index (χ4v) is 3.99. The van der Waals surface area contributed by atoms with Crippen molar-refractivity contribution in [3.63, 3.8) is 0 Å². The highest BCUT2D eigenvalue weighted by molar-refractivity contribution is 7.92. The van der Waals surface area contributed by atoms with Crippen LogP contribution < -0.4 is 10.2 Å². The van der Waals surface area contributed by atoms with Crippen LogP contribution in [0.4, 0.5) is 5.82 Å².